The molecule has 18 heavy (non-hydrogen) atoms. The molecule has 1 aromatic carbocycles. The van der Waals surface area contributed by atoms with Gasteiger partial charge in [0.05, 0.1) is 17.9 Å². The first-order valence-corrected chi connectivity index (χ1v) is 6.17. The first-order valence-electron chi connectivity index (χ1n) is 6.17. The first kappa shape index (κ1) is 12.8. The van der Waals surface area contributed by atoms with E-state index in [9.17, 15) is 0 Å². The van der Waals surface area contributed by atoms with Crippen LogP contribution in [0.15, 0.2) is 36.5 Å². The van der Waals surface area contributed by atoms with Crippen molar-refractivity contribution in [2.45, 2.75) is 26.8 Å². The third-order valence-corrected chi connectivity index (χ3v) is 2.95. The summed E-state index contributed by atoms with van der Waals surface area (Å²) in [4.78, 5) is 1.67. The van der Waals surface area contributed by atoms with E-state index in [-0.39, 0.29) is 11.5 Å². The normalized spacial score (nSPS) is 13.6. The summed E-state index contributed by atoms with van der Waals surface area (Å²) in [6, 6.07) is 10.1. The first-order chi connectivity index (χ1) is 8.52. The second-order valence-corrected chi connectivity index (χ2v) is 5.48. The van der Waals surface area contributed by atoms with E-state index in [2.05, 4.69) is 36.3 Å². The van der Waals surface area contributed by atoms with Crippen LogP contribution in [0.25, 0.3) is 5.69 Å². The molecule has 2 aromatic rings. The molecule has 2 rings (SSSR count). The number of aromatic nitrogens is 3. The summed E-state index contributed by atoms with van der Waals surface area (Å²) in [7, 11) is 1.96. The highest BCUT2D eigenvalue weighted by Crippen LogP contribution is 2.30. The van der Waals surface area contributed by atoms with Gasteiger partial charge in [0, 0.05) is 0 Å². The highest BCUT2D eigenvalue weighted by Gasteiger charge is 2.27. The number of hydrogen-bond acceptors (Lipinski definition) is 3. The third kappa shape index (κ3) is 2.59. The predicted octanol–water partition coefficient (Wildman–Crippen LogP) is 2.57. The molecule has 1 N–H and O–H groups in total. The van der Waals surface area contributed by atoms with Gasteiger partial charge in [-0.1, -0.05) is 39.0 Å². The topological polar surface area (TPSA) is 42.7 Å². The zero-order valence-electron chi connectivity index (χ0n) is 11.4. The lowest BCUT2D eigenvalue weighted by Crippen LogP contribution is -2.30. The average Bonchev–Trinajstić information content (AvgIpc) is 2.78. The quantitative estimate of drug-likeness (QED) is 0.902. The van der Waals surface area contributed by atoms with Gasteiger partial charge in [0.25, 0.3) is 0 Å². The molecule has 0 aliphatic rings. The molecule has 1 heterocycles. The lowest BCUT2D eigenvalue weighted by atomic mass is 9.85. The Hall–Kier alpha value is -1.68. The van der Waals surface area contributed by atoms with Crippen molar-refractivity contribution < 1.29 is 0 Å². The standard InChI is InChI=1S/C14H20N4/c1-14(2,3)13(15-4)12-10-16-18(17-12)11-8-6-5-7-9-11/h5-10,13,15H,1-4H3. The van der Waals surface area contributed by atoms with Crippen molar-refractivity contribution in [2.24, 2.45) is 5.41 Å². The monoisotopic (exact) mass is 244 g/mol. The second-order valence-electron chi connectivity index (χ2n) is 5.48. The Kier molecular flexibility index (Phi) is 3.48. The minimum absolute atomic E-state index is 0.103. The molecular weight excluding hydrogens is 224 g/mol. The summed E-state index contributed by atoms with van der Waals surface area (Å²) in [6.07, 6.45) is 1.83. The fourth-order valence-corrected chi connectivity index (χ4v) is 2.12. The van der Waals surface area contributed by atoms with Gasteiger partial charge >= 0.3 is 0 Å². The van der Waals surface area contributed by atoms with Gasteiger partial charge < -0.3 is 5.32 Å². The fourth-order valence-electron chi connectivity index (χ4n) is 2.12. The van der Waals surface area contributed by atoms with Crippen molar-refractivity contribution in [1.29, 1.82) is 0 Å². The van der Waals surface area contributed by atoms with Crippen LogP contribution in [0.4, 0.5) is 0 Å². The van der Waals surface area contributed by atoms with Crippen molar-refractivity contribution in [3.05, 3.63) is 42.2 Å². The van der Waals surface area contributed by atoms with Gasteiger partial charge in [-0.15, -0.1) is 0 Å². The van der Waals surface area contributed by atoms with E-state index >= 15 is 0 Å². The number of nitrogens with zero attached hydrogens (tertiary/aromatic N) is 3. The maximum absolute atomic E-state index is 4.56. The highest BCUT2D eigenvalue weighted by molar-refractivity contribution is 5.28. The fraction of sp³-hybridized carbons (Fsp3) is 0.429. The minimum atomic E-state index is 0.103. The molecule has 0 spiro atoms. The molecule has 96 valence electrons. The maximum Gasteiger partial charge on any atom is 0.101 e. The van der Waals surface area contributed by atoms with E-state index in [4.69, 9.17) is 0 Å². The summed E-state index contributed by atoms with van der Waals surface area (Å²) in [5.74, 6) is 0. The van der Waals surface area contributed by atoms with E-state index in [1.165, 1.54) is 0 Å². The van der Waals surface area contributed by atoms with Crippen LogP contribution < -0.4 is 5.32 Å². The second kappa shape index (κ2) is 4.90. The SMILES string of the molecule is CNC(c1cnn(-c2ccccc2)n1)C(C)(C)C. The van der Waals surface area contributed by atoms with E-state index in [1.54, 1.807) is 4.80 Å². The molecular formula is C14H20N4. The molecule has 0 saturated carbocycles. The Balaban J connectivity index is 2.31. The molecule has 0 aliphatic carbocycles. The molecule has 1 atom stereocenters. The summed E-state index contributed by atoms with van der Waals surface area (Å²) in [6.45, 7) is 6.57. The molecule has 4 heteroatoms. The van der Waals surface area contributed by atoms with E-state index in [0.29, 0.717) is 0 Å². The number of para-hydroxylation sites is 1. The van der Waals surface area contributed by atoms with E-state index in [1.807, 2.05) is 43.6 Å². The number of benzene rings is 1. The largest absolute Gasteiger partial charge is 0.311 e. The Morgan fingerprint density at radius 3 is 2.39 bits per heavy atom. The van der Waals surface area contributed by atoms with Crippen molar-refractivity contribution in [3.63, 3.8) is 0 Å². The molecule has 0 amide bonds. The molecule has 0 aliphatic heterocycles. The number of hydrogen-bond donors (Lipinski definition) is 1. The number of rotatable bonds is 3. The van der Waals surface area contributed by atoms with Gasteiger partial charge in [0.15, 0.2) is 0 Å². The average molecular weight is 244 g/mol. The Morgan fingerprint density at radius 1 is 1.17 bits per heavy atom. The van der Waals surface area contributed by atoms with Gasteiger partial charge in [0.2, 0.25) is 0 Å². The zero-order chi connectivity index (χ0) is 13.2. The zero-order valence-corrected chi connectivity index (χ0v) is 11.4. The van der Waals surface area contributed by atoms with Gasteiger partial charge in [-0.3, -0.25) is 0 Å². The predicted molar refractivity (Wildman–Crippen MR) is 72.6 cm³/mol. The van der Waals surface area contributed by atoms with Crippen LogP contribution in [0.5, 0.6) is 0 Å². The Labute approximate surface area is 108 Å². The summed E-state index contributed by atoms with van der Waals surface area (Å²) in [5, 5.41) is 12.2. The van der Waals surface area contributed by atoms with Crippen LogP contribution in [-0.2, 0) is 0 Å². The van der Waals surface area contributed by atoms with E-state index in [0.717, 1.165) is 11.4 Å². The van der Waals surface area contributed by atoms with Gasteiger partial charge in [-0.05, 0) is 24.6 Å². The smallest absolute Gasteiger partial charge is 0.101 e. The van der Waals surface area contributed by atoms with Crippen LogP contribution in [0.2, 0.25) is 0 Å². The van der Waals surface area contributed by atoms with Gasteiger partial charge in [-0.2, -0.15) is 15.0 Å². The van der Waals surface area contributed by atoms with Crippen molar-refractivity contribution in [1.82, 2.24) is 20.3 Å². The van der Waals surface area contributed by atoms with Crippen LogP contribution in [0, 0.1) is 5.41 Å². The van der Waals surface area contributed by atoms with Crippen molar-refractivity contribution in [3.8, 4) is 5.69 Å². The lowest BCUT2D eigenvalue weighted by Gasteiger charge is -2.28. The van der Waals surface area contributed by atoms with Gasteiger partial charge in [0.1, 0.15) is 5.69 Å². The van der Waals surface area contributed by atoms with Crippen LogP contribution >= 0.6 is 0 Å². The summed E-state index contributed by atoms with van der Waals surface area (Å²) in [5.41, 5.74) is 2.05. The Morgan fingerprint density at radius 2 is 1.83 bits per heavy atom. The lowest BCUT2D eigenvalue weighted by molar-refractivity contribution is 0.281. The van der Waals surface area contributed by atoms with Crippen LogP contribution in [-0.4, -0.2) is 22.0 Å². The van der Waals surface area contributed by atoms with Gasteiger partial charge in [-0.25, -0.2) is 0 Å². The third-order valence-electron chi connectivity index (χ3n) is 2.95. The summed E-state index contributed by atoms with van der Waals surface area (Å²) < 4.78 is 0. The molecule has 0 bridgehead atoms. The minimum Gasteiger partial charge on any atom is -0.311 e. The maximum atomic E-state index is 4.56. The summed E-state index contributed by atoms with van der Waals surface area (Å²) >= 11 is 0. The molecule has 1 unspecified atom stereocenters. The molecule has 0 fully saturated rings. The van der Waals surface area contributed by atoms with Crippen LogP contribution in [0.1, 0.15) is 32.5 Å². The molecule has 4 nitrogen and oxygen atoms in total. The number of nitrogens with one attached hydrogen (secondary N) is 1. The molecule has 1 aromatic heterocycles. The Bertz CT molecular complexity index is 496. The highest BCUT2D eigenvalue weighted by atomic mass is 15.5. The molecule has 0 radical (unpaired) electrons. The van der Waals surface area contributed by atoms with Crippen molar-refractivity contribution >= 4 is 0 Å². The van der Waals surface area contributed by atoms with Crippen molar-refractivity contribution in [2.75, 3.05) is 7.05 Å². The van der Waals surface area contributed by atoms with Crippen LogP contribution in [0.3, 0.4) is 0 Å². The van der Waals surface area contributed by atoms with E-state index < -0.39 is 0 Å². The molecule has 0 saturated heterocycles.